The lowest BCUT2D eigenvalue weighted by atomic mass is 10.1. The Bertz CT molecular complexity index is 843. The fourth-order valence-corrected chi connectivity index (χ4v) is 3.43. The van der Waals surface area contributed by atoms with E-state index in [1.807, 2.05) is 6.07 Å². The van der Waals surface area contributed by atoms with Crippen LogP contribution in [0.15, 0.2) is 24.3 Å². The van der Waals surface area contributed by atoms with Gasteiger partial charge in [-0.1, -0.05) is 13.3 Å². The highest BCUT2D eigenvalue weighted by Crippen LogP contribution is 2.24. The Labute approximate surface area is 164 Å². The molecule has 7 nitrogen and oxygen atoms in total. The first-order valence-corrected chi connectivity index (χ1v) is 9.66. The maximum Gasteiger partial charge on any atom is 0.229 e. The molecule has 1 aromatic heterocycles. The normalized spacial score (nSPS) is 16.7. The van der Waals surface area contributed by atoms with Gasteiger partial charge in [-0.05, 0) is 37.5 Å². The van der Waals surface area contributed by atoms with Gasteiger partial charge in [0.25, 0.3) is 0 Å². The van der Waals surface area contributed by atoms with E-state index in [-0.39, 0.29) is 17.6 Å². The molecule has 150 valence electrons. The first kappa shape index (κ1) is 19.9. The summed E-state index contributed by atoms with van der Waals surface area (Å²) in [5.41, 5.74) is 7.30. The fraction of sp³-hybridized carbons (Fsp3) is 0.450. The van der Waals surface area contributed by atoms with Crippen LogP contribution in [0.1, 0.15) is 38.8 Å². The molecule has 0 radical (unpaired) electrons. The highest BCUT2D eigenvalue weighted by atomic mass is 19.1. The minimum Gasteiger partial charge on any atom is -0.396 e. The van der Waals surface area contributed by atoms with E-state index in [1.54, 1.807) is 13.0 Å². The number of carbonyl (C=O) groups excluding carboxylic acids is 1. The molecule has 0 saturated carbocycles. The van der Waals surface area contributed by atoms with Gasteiger partial charge in [-0.2, -0.15) is 4.98 Å². The number of amides is 1. The van der Waals surface area contributed by atoms with Crippen molar-refractivity contribution >= 4 is 29.0 Å². The van der Waals surface area contributed by atoms with Crippen molar-refractivity contribution in [2.24, 2.45) is 0 Å². The van der Waals surface area contributed by atoms with Crippen LogP contribution in [0.3, 0.4) is 0 Å². The van der Waals surface area contributed by atoms with Crippen LogP contribution in [0.25, 0.3) is 0 Å². The number of aromatic nitrogens is 2. The summed E-state index contributed by atoms with van der Waals surface area (Å²) in [5, 5.41) is 6.13. The van der Waals surface area contributed by atoms with Crippen molar-refractivity contribution in [2.75, 3.05) is 29.0 Å². The van der Waals surface area contributed by atoms with E-state index in [4.69, 9.17) is 5.73 Å². The zero-order valence-electron chi connectivity index (χ0n) is 16.3. The number of hydrogen-bond acceptors (Lipinski definition) is 6. The third kappa shape index (κ3) is 5.09. The highest BCUT2D eigenvalue weighted by molar-refractivity contribution is 5.73. The number of halogens is 1. The van der Waals surface area contributed by atoms with E-state index in [1.165, 1.54) is 12.1 Å². The molecule has 1 amide bonds. The van der Waals surface area contributed by atoms with Crippen molar-refractivity contribution in [3.8, 4) is 0 Å². The summed E-state index contributed by atoms with van der Waals surface area (Å²) >= 11 is 0. The van der Waals surface area contributed by atoms with Crippen molar-refractivity contribution in [1.82, 2.24) is 15.3 Å². The van der Waals surface area contributed by atoms with Gasteiger partial charge in [0.15, 0.2) is 0 Å². The minimum atomic E-state index is -0.454. The van der Waals surface area contributed by atoms with Gasteiger partial charge in [0.2, 0.25) is 11.9 Å². The summed E-state index contributed by atoms with van der Waals surface area (Å²) in [6, 6.07) is 6.57. The van der Waals surface area contributed by atoms with Crippen molar-refractivity contribution < 1.29 is 9.18 Å². The van der Waals surface area contributed by atoms with Crippen LogP contribution >= 0.6 is 0 Å². The number of piperidine rings is 1. The van der Waals surface area contributed by atoms with Crippen LogP contribution in [0.2, 0.25) is 0 Å². The molecule has 8 heteroatoms. The van der Waals surface area contributed by atoms with E-state index >= 15 is 0 Å². The third-order valence-corrected chi connectivity index (χ3v) is 4.68. The van der Waals surface area contributed by atoms with Crippen molar-refractivity contribution in [3.63, 3.8) is 0 Å². The number of nitrogens with zero attached hydrogens (tertiary/aromatic N) is 3. The molecule has 1 saturated heterocycles. The Hall–Kier alpha value is -2.90. The molecule has 1 aromatic carbocycles. The van der Waals surface area contributed by atoms with Crippen LogP contribution in [0.4, 0.5) is 27.5 Å². The molecule has 28 heavy (non-hydrogen) atoms. The van der Waals surface area contributed by atoms with Crippen LogP contribution in [-0.2, 0) is 11.2 Å². The number of nitrogen functional groups attached to an aromatic ring is 1. The van der Waals surface area contributed by atoms with Crippen LogP contribution in [0.5, 0.6) is 0 Å². The molecule has 0 spiro atoms. The molecule has 1 aliphatic heterocycles. The fourth-order valence-electron chi connectivity index (χ4n) is 3.43. The van der Waals surface area contributed by atoms with Gasteiger partial charge in [-0.15, -0.1) is 0 Å². The number of hydrogen-bond donors (Lipinski definition) is 3. The molecule has 4 N–H and O–H groups in total. The Morgan fingerprint density at radius 3 is 2.89 bits per heavy atom. The topological polar surface area (TPSA) is 96.2 Å². The van der Waals surface area contributed by atoms with Crippen molar-refractivity contribution in [3.05, 3.63) is 35.8 Å². The quantitative estimate of drug-likeness (QED) is 0.661. The molecule has 0 bridgehead atoms. The zero-order chi connectivity index (χ0) is 20.1. The maximum atomic E-state index is 13.4. The van der Waals surface area contributed by atoms with Gasteiger partial charge in [-0.3, -0.25) is 4.79 Å². The predicted octanol–water partition coefficient (Wildman–Crippen LogP) is 3.00. The second-order valence-corrected chi connectivity index (χ2v) is 7.14. The van der Waals surface area contributed by atoms with Crippen molar-refractivity contribution in [2.45, 2.75) is 45.6 Å². The number of nitrogens with two attached hydrogens (primary N) is 1. The molecule has 2 heterocycles. The summed E-state index contributed by atoms with van der Waals surface area (Å²) in [7, 11) is 0. The maximum absolute atomic E-state index is 13.4. The predicted molar refractivity (Wildman–Crippen MR) is 109 cm³/mol. The molecule has 1 fully saturated rings. The van der Waals surface area contributed by atoms with Crippen molar-refractivity contribution in [1.29, 1.82) is 0 Å². The summed E-state index contributed by atoms with van der Waals surface area (Å²) in [5.74, 6) is 0.807. The second-order valence-electron chi connectivity index (χ2n) is 7.14. The zero-order valence-corrected chi connectivity index (χ0v) is 16.3. The Morgan fingerprint density at radius 2 is 2.18 bits per heavy atom. The molecule has 2 aromatic rings. The van der Waals surface area contributed by atoms with Gasteiger partial charge in [0, 0.05) is 43.5 Å². The number of carbonyl (C=O) groups is 1. The first-order chi connectivity index (χ1) is 13.4. The van der Waals surface area contributed by atoms with E-state index < -0.39 is 5.82 Å². The van der Waals surface area contributed by atoms with Gasteiger partial charge >= 0.3 is 0 Å². The number of rotatable bonds is 6. The lowest BCUT2D eigenvalue weighted by molar-refractivity contribution is -0.119. The lowest BCUT2D eigenvalue weighted by Gasteiger charge is -2.34. The molecule has 1 unspecified atom stereocenters. The number of aryl methyl sites for hydroxylation is 1. The van der Waals surface area contributed by atoms with Crippen LogP contribution < -0.4 is 21.3 Å². The first-order valence-electron chi connectivity index (χ1n) is 9.66. The average Bonchev–Trinajstić information content (AvgIpc) is 2.64. The Balaban J connectivity index is 1.84. The lowest BCUT2D eigenvalue weighted by Crippen LogP contribution is -2.47. The molecule has 0 aliphatic carbocycles. The summed E-state index contributed by atoms with van der Waals surface area (Å²) in [6.45, 7) is 5.23. The van der Waals surface area contributed by atoms with E-state index in [0.717, 1.165) is 43.7 Å². The van der Waals surface area contributed by atoms with Gasteiger partial charge in [-0.25, -0.2) is 9.37 Å². The standard InChI is InChI=1S/C20H27FN6O/c1-3-5-14-11-19(27-9-4-6-16(12-27)23-13(2)28)26-20(24-14)25-15-7-8-17(21)18(22)10-15/h7-8,10-11,16H,3-6,9,12,22H2,1-2H3,(H,23,28)(H,24,25,26). The summed E-state index contributed by atoms with van der Waals surface area (Å²) in [6.07, 6.45) is 3.74. The van der Waals surface area contributed by atoms with Gasteiger partial charge in [0.05, 0.1) is 5.69 Å². The van der Waals surface area contributed by atoms with E-state index in [0.29, 0.717) is 18.2 Å². The summed E-state index contributed by atoms with van der Waals surface area (Å²) in [4.78, 5) is 22.8. The highest BCUT2D eigenvalue weighted by Gasteiger charge is 2.22. The van der Waals surface area contributed by atoms with E-state index in [9.17, 15) is 9.18 Å². The molecule has 1 aliphatic rings. The molecular formula is C20H27FN6O. The van der Waals surface area contributed by atoms with Gasteiger partial charge < -0.3 is 21.3 Å². The second kappa shape index (κ2) is 8.86. The smallest absolute Gasteiger partial charge is 0.229 e. The molecular weight excluding hydrogens is 359 g/mol. The van der Waals surface area contributed by atoms with Crippen LogP contribution in [0, 0.1) is 5.82 Å². The Kier molecular flexibility index (Phi) is 6.28. The SMILES string of the molecule is CCCc1cc(N2CCCC(NC(C)=O)C2)nc(Nc2ccc(F)c(N)c2)n1. The third-order valence-electron chi connectivity index (χ3n) is 4.68. The molecule has 1 atom stereocenters. The largest absolute Gasteiger partial charge is 0.396 e. The number of benzene rings is 1. The minimum absolute atomic E-state index is 0.0162. The summed E-state index contributed by atoms with van der Waals surface area (Å²) < 4.78 is 13.4. The monoisotopic (exact) mass is 386 g/mol. The van der Waals surface area contributed by atoms with Crippen LogP contribution in [-0.4, -0.2) is 35.0 Å². The number of nitrogens with one attached hydrogen (secondary N) is 2. The van der Waals surface area contributed by atoms with Gasteiger partial charge in [0.1, 0.15) is 11.6 Å². The van der Waals surface area contributed by atoms with E-state index in [2.05, 4.69) is 32.4 Å². The number of anilines is 4. The molecule has 3 rings (SSSR count). The average molecular weight is 386 g/mol. The Morgan fingerprint density at radius 1 is 1.36 bits per heavy atom.